The highest BCUT2D eigenvalue weighted by Gasteiger charge is 2.34. The molecule has 0 bridgehead atoms. The quantitative estimate of drug-likeness (QED) is 0.532. The van der Waals surface area contributed by atoms with Crippen molar-refractivity contribution in [3.63, 3.8) is 0 Å². The summed E-state index contributed by atoms with van der Waals surface area (Å²) in [6.07, 6.45) is 8.09. The van der Waals surface area contributed by atoms with Crippen LogP contribution in [0.15, 0.2) is 24.3 Å². The third-order valence-electron chi connectivity index (χ3n) is 5.81. The van der Waals surface area contributed by atoms with E-state index >= 15 is 0 Å². The van der Waals surface area contributed by atoms with E-state index in [2.05, 4.69) is 5.32 Å². The van der Waals surface area contributed by atoms with Crippen LogP contribution < -0.4 is 5.32 Å². The summed E-state index contributed by atoms with van der Waals surface area (Å²) in [6.45, 7) is 0.953. The van der Waals surface area contributed by atoms with Crippen molar-refractivity contribution in [2.75, 3.05) is 19.0 Å². The van der Waals surface area contributed by atoms with Gasteiger partial charge in [-0.05, 0) is 43.4 Å². The lowest BCUT2D eigenvalue weighted by Crippen LogP contribution is -2.49. The number of rotatable bonds is 7. The maximum Gasteiger partial charge on any atom is 0.247 e. The summed E-state index contributed by atoms with van der Waals surface area (Å²) in [5.74, 6) is -1.17. The molecule has 2 atom stereocenters. The van der Waals surface area contributed by atoms with Gasteiger partial charge in [0.1, 0.15) is 17.7 Å². The summed E-state index contributed by atoms with van der Waals surface area (Å²) in [6, 6.07) is 5.01. The maximum absolute atomic E-state index is 13.5. The minimum atomic E-state index is -0.852. The molecule has 3 rings (SSSR count). The highest BCUT2D eigenvalue weighted by molar-refractivity contribution is 6.27. The molecule has 2 amide bonds. The van der Waals surface area contributed by atoms with E-state index in [0.29, 0.717) is 18.7 Å². The molecule has 160 valence electrons. The first-order valence-electron chi connectivity index (χ1n) is 10.6. The molecule has 1 aliphatic carbocycles. The van der Waals surface area contributed by atoms with E-state index in [4.69, 9.17) is 16.3 Å². The molecule has 0 unspecified atom stereocenters. The average molecular weight is 425 g/mol. The van der Waals surface area contributed by atoms with E-state index in [9.17, 15) is 14.0 Å². The van der Waals surface area contributed by atoms with Gasteiger partial charge in [0.05, 0.1) is 6.10 Å². The van der Waals surface area contributed by atoms with Gasteiger partial charge in [0.25, 0.3) is 0 Å². The van der Waals surface area contributed by atoms with Crippen LogP contribution in [0.3, 0.4) is 0 Å². The molecule has 1 N–H and O–H groups in total. The predicted molar refractivity (Wildman–Crippen MR) is 110 cm³/mol. The molecule has 2 fully saturated rings. The lowest BCUT2D eigenvalue weighted by Gasteiger charge is -2.33. The number of hydrogen-bond acceptors (Lipinski definition) is 3. The standard InChI is InChI=1S/C22H30ClFN2O3/c23-14-20(27)26(15-19-8-5-13-29-19)21(16-9-11-17(24)12-10-16)22(28)25-18-6-3-1-2-4-7-18/h9-12,18-19,21H,1-8,13-15H2,(H,25,28)/t19-,21+/m1/s1. The van der Waals surface area contributed by atoms with E-state index in [-0.39, 0.29) is 35.7 Å². The van der Waals surface area contributed by atoms with Crippen LogP contribution in [0.5, 0.6) is 0 Å². The van der Waals surface area contributed by atoms with Crippen LogP contribution in [-0.4, -0.2) is 47.9 Å². The molecule has 1 heterocycles. The number of ether oxygens (including phenoxy) is 1. The van der Waals surface area contributed by atoms with Gasteiger partial charge in [0.2, 0.25) is 11.8 Å². The van der Waals surface area contributed by atoms with Gasteiger partial charge in [-0.1, -0.05) is 37.8 Å². The Morgan fingerprint density at radius 1 is 1.10 bits per heavy atom. The first kappa shape index (κ1) is 22.0. The van der Waals surface area contributed by atoms with Gasteiger partial charge in [-0.2, -0.15) is 0 Å². The van der Waals surface area contributed by atoms with Crippen LogP contribution in [0.1, 0.15) is 63.0 Å². The molecule has 1 aromatic rings. The van der Waals surface area contributed by atoms with Gasteiger partial charge in [-0.25, -0.2) is 4.39 Å². The second-order valence-corrected chi connectivity index (χ2v) is 8.23. The molecule has 0 aromatic heterocycles. The Morgan fingerprint density at radius 2 is 1.79 bits per heavy atom. The zero-order valence-corrected chi connectivity index (χ0v) is 17.5. The van der Waals surface area contributed by atoms with Crippen LogP contribution in [0.2, 0.25) is 0 Å². The van der Waals surface area contributed by atoms with Crippen molar-refractivity contribution in [2.45, 2.75) is 69.6 Å². The van der Waals surface area contributed by atoms with E-state index in [1.807, 2.05) is 0 Å². The fraction of sp³-hybridized carbons (Fsp3) is 0.636. The largest absolute Gasteiger partial charge is 0.376 e. The molecule has 1 aromatic carbocycles. The van der Waals surface area contributed by atoms with Gasteiger partial charge >= 0.3 is 0 Å². The second kappa shape index (κ2) is 10.9. The number of hydrogen-bond donors (Lipinski definition) is 1. The summed E-state index contributed by atoms with van der Waals surface area (Å²) < 4.78 is 19.2. The predicted octanol–water partition coefficient (Wildman–Crippen LogP) is 3.95. The van der Waals surface area contributed by atoms with E-state index in [1.165, 1.54) is 29.9 Å². The Kier molecular flexibility index (Phi) is 8.30. The van der Waals surface area contributed by atoms with E-state index < -0.39 is 6.04 Å². The van der Waals surface area contributed by atoms with Crippen molar-refractivity contribution in [1.29, 1.82) is 0 Å². The van der Waals surface area contributed by atoms with Gasteiger partial charge in [-0.15, -0.1) is 11.6 Å². The molecule has 7 heteroatoms. The number of benzene rings is 1. The monoisotopic (exact) mass is 424 g/mol. The molecule has 1 saturated carbocycles. The lowest BCUT2D eigenvalue weighted by atomic mass is 10.0. The number of carbonyl (C=O) groups excluding carboxylic acids is 2. The van der Waals surface area contributed by atoms with Gasteiger partial charge < -0.3 is 15.0 Å². The lowest BCUT2D eigenvalue weighted by molar-refractivity contribution is -0.141. The third kappa shape index (κ3) is 6.16. The Morgan fingerprint density at radius 3 is 2.38 bits per heavy atom. The van der Waals surface area contributed by atoms with Crippen molar-refractivity contribution >= 4 is 23.4 Å². The SMILES string of the molecule is O=C(NC1CCCCCC1)[C@H](c1ccc(F)cc1)N(C[C@H]1CCCO1)C(=O)CCl. The van der Waals surface area contributed by atoms with Gasteiger partial charge in [0.15, 0.2) is 0 Å². The number of alkyl halides is 1. The topological polar surface area (TPSA) is 58.6 Å². The van der Waals surface area contributed by atoms with Crippen LogP contribution in [0.25, 0.3) is 0 Å². The fourth-order valence-corrected chi connectivity index (χ4v) is 4.41. The average Bonchev–Trinajstić information content (AvgIpc) is 3.11. The third-order valence-corrected chi connectivity index (χ3v) is 6.03. The molecular formula is C22H30ClFN2O3. The Hall–Kier alpha value is -1.66. The second-order valence-electron chi connectivity index (χ2n) is 7.97. The van der Waals surface area contributed by atoms with Gasteiger partial charge in [-0.3, -0.25) is 9.59 Å². The molecule has 2 aliphatic rings. The summed E-state index contributed by atoms with van der Waals surface area (Å²) in [5, 5.41) is 3.15. The summed E-state index contributed by atoms with van der Waals surface area (Å²) >= 11 is 5.88. The first-order valence-corrected chi connectivity index (χ1v) is 11.1. The zero-order valence-electron chi connectivity index (χ0n) is 16.7. The van der Waals surface area contributed by atoms with Gasteiger partial charge in [0, 0.05) is 19.2 Å². The fourth-order valence-electron chi connectivity index (χ4n) is 4.26. The maximum atomic E-state index is 13.5. The Labute approximate surface area is 176 Å². The zero-order chi connectivity index (χ0) is 20.6. The minimum Gasteiger partial charge on any atom is -0.376 e. The van der Waals surface area contributed by atoms with E-state index in [1.54, 1.807) is 12.1 Å². The molecule has 5 nitrogen and oxygen atoms in total. The summed E-state index contributed by atoms with van der Waals surface area (Å²) in [5.41, 5.74) is 0.578. The molecular weight excluding hydrogens is 395 g/mol. The number of nitrogens with zero attached hydrogens (tertiary/aromatic N) is 1. The summed E-state index contributed by atoms with van der Waals surface area (Å²) in [4.78, 5) is 27.6. The number of halogens is 2. The highest BCUT2D eigenvalue weighted by Crippen LogP contribution is 2.26. The van der Waals surface area contributed by atoms with Crippen molar-refractivity contribution in [3.8, 4) is 0 Å². The van der Waals surface area contributed by atoms with Crippen molar-refractivity contribution in [1.82, 2.24) is 10.2 Å². The number of carbonyl (C=O) groups is 2. The van der Waals surface area contributed by atoms with Crippen molar-refractivity contribution in [2.24, 2.45) is 0 Å². The number of amides is 2. The molecule has 1 aliphatic heterocycles. The smallest absolute Gasteiger partial charge is 0.247 e. The van der Waals surface area contributed by atoms with Crippen LogP contribution in [-0.2, 0) is 14.3 Å². The molecule has 0 radical (unpaired) electrons. The molecule has 0 spiro atoms. The minimum absolute atomic E-state index is 0.101. The number of nitrogens with one attached hydrogen (secondary N) is 1. The van der Waals surface area contributed by atoms with Crippen LogP contribution in [0, 0.1) is 5.82 Å². The van der Waals surface area contributed by atoms with Crippen LogP contribution >= 0.6 is 11.6 Å². The first-order chi connectivity index (χ1) is 14.1. The van der Waals surface area contributed by atoms with Crippen molar-refractivity contribution in [3.05, 3.63) is 35.6 Å². The van der Waals surface area contributed by atoms with Crippen molar-refractivity contribution < 1.29 is 18.7 Å². The Bertz CT molecular complexity index is 671. The van der Waals surface area contributed by atoms with E-state index in [0.717, 1.165) is 38.5 Å². The normalized spacial score (nSPS) is 21.4. The molecule has 29 heavy (non-hydrogen) atoms. The summed E-state index contributed by atoms with van der Waals surface area (Å²) in [7, 11) is 0. The van der Waals surface area contributed by atoms with Crippen LogP contribution in [0.4, 0.5) is 4.39 Å². The Balaban J connectivity index is 1.85. The highest BCUT2D eigenvalue weighted by atomic mass is 35.5. The molecule has 1 saturated heterocycles.